The van der Waals surface area contributed by atoms with Crippen molar-refractivity contribution < 1.29 is 14.3 Å². The van der Waals surface area contributed by atoms with E-state index in [9.17, 15) is 9.59 Å². The quantitative estimate of drug-likeness (QED) is 0.197. The highest BCUT2D eigenvalue weighted by Crippen LogP contribution is 2.78. The van der Waals surface area contributed by atoms with Crippen molar-refractivity contribution in [2.24, 2.45) is 21.8 Å². The number of fused-ring (bicyclic) bond motifs is 3. The fourth-order valence-electron chi connectivity index (χ4n) is 9.48. The van der Waals surface area contributed by atoms with Gasteiger partial charge in [0.1, 0.15) is 5.60 Å². The lowest BCUT2D eigenvalue weighted by Gasteiger charge is -2.56. The second kappa shape index (κ2) is 9.43. The van der Waals surface area contributed by atoms with Crippen LogP contribution in [-0.4, -0.2) is 24.1 Å². The molecule has 0 aliphatic heterocycles. The van der Waals surface area contributed by atoms with Crippen molar-refractivity contribution in [1.82, 2.24) is 0 Å². The fraction of sp³-hybridized carbons (Fsp3) is 0.400. The number of aryl methyl sites for hydroxylation is 1. The van der Waals surface area contributed by atoms with Gasteiger partial charge in [0, 0.05) is 22.1 Å². The highest BCUT2D eigenvalue weighted by molar-refractivity contribution is 6.13. The molecule has 0 spiro atoms. The van der Waals surface area contributed by atoms with E-state index in [4.69, 9.17) is 9.84 Å². The topological polar surface area (TPSA) is 67.8 Å². The van der Waals surface area contributed by atoms with Crippen molar-refractivity contribution >= 4 is 24.2 Å². The van der Waals surface area contributed by atoms with Crippen LogP contribution in [0, 0.1) is 16.7 Å². The average molecular weight is 533 g/mol. The monoisotopic (exact) mass is 532 g/mol. The third-order valence-corrected chi connectivity index (χ3v) is 11.4. The molecule has 4 aliphatic rings. The van der Waals surface area contributed by atoms with Crippen LogP contribution in [-0.2, 0) is 16.0 Å². The van der Waals surface area contributed by atoms with Crippen LogP contribution >= 0.6 is 0 Å². The van der Waals surface area contributed by atoms with Crippen molar-refractivity contribution in [2.45, 2.75) is 69.8 Å². The minimum Gasteiger partial charge on any atom is -0.461 e. The largest absolute Gasteiger partial charge is 0.461 e. The fourth-order valence-corrected chi connectivity index (χ4v) is 9.48. The number of benzene rings is 3. The molecule has 0 amide bonds. The molecule has 204 valence electrons. The number of nitrogens with zero attached hydrogens (tertiary/aromatic N) is 1. The van der Waals surface area contributed by atoms with E-state index < -0.39 is 0 Å². The molecule has 3 aromatic carbocycles. The summed E-state index contributed by atoms with van der Waals surface area (Å²) in [6.07, 6.45) is 9.52. The Hall–Kier alpha value is -3.73. The molecule has 4 aliphatic carbocycles. The van der Waals surface area contributed by atoms with Gasteiger partial charge in [0.15, 0.2) is 6.29 Å². The predicted molar refractivity (Wildman–Crippen MR) is 157 cm³/mol. The molecule has 3 fully saturated rings. The molecule has 0 aromatic heterocycles. The maximum Gasteiger partial charge on any atom is 0.293 e. The van der Waals surface area contributed by atoms with Gasteiger partial charge in [-0.3, -0.25) is 15.0 Å². The highest BCUT2D eigenvalue weighted by Gasteiger charge is 2.75. The van der Waals surface area contributed by atoms with Crippen LogP contribution < -0.4 is 5.43 Å². The zero-order valence-electron chi connectivity index (χ0n) is 23.1. The normalized spacial score (nSPS) is 31.3. The standard InChI is InChI=1S/C35H36N2O3/c1-33-15-14-28-29-20-27(22-38)31(36-37-32(24-8-4-2-5-9-24)25-10-6-3-7-11-25)21-26(29)12-13-30(28)34(33)16-18-35(33,19-17-34)40-23-39/h2-11,20-23,28,30,36H,12-19H2,1H3/t28-,30-,33+,34?,35?/m1/s1. The summed E-state index contributed by atoms with van der Waals surface area (Å²) in [4.78, 5) is 23.9. The highest BCUT2D eigenvalue weighted by atomic mass is 16.5. The molecule has 3 saturated carbocycles. The number of nitrogens with one attached hydrogen (secondary N) is 1. The molecule has 3 aromatic rings. The lowest BCUT2D eigenvalue weighted by Crippen LogP contribution is -2.52. The van der Waals surface area contributed by atoms with Crippen molar-refractivity contribution in [3.63, 3.8) is 0 Å². The Morgan fingerprint density at radius 3 is 2.20 bits per heavy atom. The van der Waals surface area contributed by atoms with Gasteiger partial charge in [-0.2, -0.15) is 5.10 Å². The zero-order valence-corrected chi connectivity index (χ0v) is 23.1. The molecule has 7 rings (SSSR count). The van der Waals surface area contributed by atoms with E-state index in [2.05, 4.69) is 48.7 Å². The molecule has 3 atom stereocenters. The first-order valence-electron chi connectivity index (χ1n) is 14.7. The van der Waals surface area contributed by atoms with Gasteiger partial charge in [0.25, 0.3) is 6.47 Å². The minimum atomic E-state index is -0.283. The summed E-state index contributed by atoms with van der Waals surface area (Å²) >= 11 is 0. The van der Waals surface area contributed by atoms with E-state index in [1.807, 2.05) is 36.4 Å². The molecule has 5 heteroatoms. The number of carbonyl (C=O) groups is 2. The molecule has 0 heterocycles. The van der Waals surface area contributed by atoms with E-state index in [1.165, 1.54) is 11.1 Å². The van der Waals surface area contributed by atoms with Crippen LogP contribution in [0.3, 0.4) is 0 Å². The Morgan fingerprint density at radius 1 is 0.900 bits per heavy atom. The number of hydrogen-bond donors (Lipinski definition) is 1. The molecule has 0 saturated heterocycles. The van der Waals surface area contributed by atoms with Gasteiger partial charge in [-0.1, -0.05) is 67.6 Å². The summed E-state index contributed by atoms with van der Waals surface area (Å²) in [5.74, 6) is 1.01. The van der Waals surface area contributed by atoms with E-state index in [1.54, 1.807) is 0 Å². The van der Waals surface area contributed by atoms with Gasteiger partial charge >= 0.3 is 0 Å². The van der Waals surface area contributed by atoms with Gasteiger partial charge in [0.2, 0.25) is 0 Å². The molecule has 5 nitrogen and oxygen atoms in total. The molecule has 1 N–H and O–H groups in total. The van der Waals surface area contributed by atoms with Crippen LogP contribution in [0.2, 0.25) is 0 Å². The Kier molecular flexibility index (Phi) is 5.95. The molecule has 40 heavy (non-hydrogen) atoms. The van der Waals surface area contributed by atoms with Crippen molar-refractivity contribution in [3.8, 4) is 0 Å². The van der Waals surface area contributed by atoms with Crippen molar-refractivity contribution in [1.29, 1.82) is 0 Å². The number of ether oxygens (including phenoxy) is 1. The van der Waals surface area contributed by atoms with E-state index in [0.29, 0.717) is 23.9 Å². The van der Waals surface area contributed by atoms with Gasteiger partial charge in [-0.05, 0) is 91.9 Å². The first kappa shape index (κ1) is 25.3. The van der Waals surface area contributed by atoms with Gasteiger partial charge in [-0.25, -0.2) is 0 Å². The summed E-state index contributed by atoms with van der Waals surface area (Å²) < 4.78 is 5.91. The second-order valence-corrected chi connectivity index (χ2v) is 12.5. The predicted octanol–water partition coefficient (Wildman–Crippen LogP) is 7.30. The number of aldehydes is 1. The van der Waals surface area contributed by atoms with Crippen molar-refractivity contribution in [3.05, 3.63) is 101 Å². The van der Waals surface area contributed by atoms with Gasteiger partial charge in [-0.15, -0.1) is 0 Å². The first-order valence-corrected chi connectivity index (χ1v) is 14.7. The smallest absolute Gasteiger partial charge is 0.293 e. The van der Waals surface area contributed by atoms with Crippen LogP contribution in [0.1, 0.15) is 90.4 Å². The molecule has 0 unspecified atom stereocenters. The van der Waals surface area contributed by atoms with Crippen LogP contribution in [0.25, 0.3) is 0 Å². The lowest BCUT2D eigenvalue weighted by molar-refractivity contribution is -0.161. The molecule has 0 radical (unpaired) electrons. The zero-order chi connectivity index (χ0) is 27.4. The van der Waals surface area contributed by atoms with E-state index in [0.717, 1.165) is 80.2 Å². The summed E-state index contributed by atoms with van der Waals surface area (Å²) in [7, 11) is 0. The SMILES string of the molecule is C[C@]12CC[C@@H]3c4cc(C=O)c(NN=C(c5ccccc5)c5ccccc5)cc4CC[C@H]3C13CCC2(OC=O)CC3. The maximum absolute atomic E-state index is 12.4. The number of hydrogen-bond acceptors (Lipinski definition) is 5. The van der Waals surface area contributed by atoms with Gasteiger partial charge < -0.3 is 4.74 Å². The summed E-state index contributed by atoms with van der Waals surface area (Å²) in [5, 5.41) is 4.85. The Balaban J connectivity index is 1.22. The third kappa shape index (κ3) is 3.49. The Bertz CT molecular complexity index is 1430. The van der Waals surface area contributed by atoms with Crippen LogP contribution in [0.15, 0.2) is 77.9 Å². The minimum absolute atomic E-state index is 0.0502. The van der Waals surface area contributed by atoms with Crippen molar-refractivity contribution in [2.75, 3.05) is 5.43 Å². The average Bonchev–Trinajstić information content (AvgIpc) is 3.40. The summed E-state index contributed by atoms with van der Waals surface area (Å²) in [6.45, 7) is 3.10. The third-order valence-electron chi connectivity index (χ3n) is 11.4. The lowest BCUT2D eigenvalue weighted by atomic mass is 9.48. The summed E-state index contributed by atoms with van der Waals surface area (Å²) in [6, 6.07) is 24.6. The number of anilines is 1. The maximum atomic E-state index is 12.4. The Labute approximate surface area is 236 Å². The first-order chi connectivity index (χ1) is 19.5. The number of rotatable bonds is 7. The molecule has 2 bridgehead atoms. The van der Waals surface area contributed by atoms with Gasteiger partial charge in [0.05, 0.1) is 11.4 Å². The van der Waals surface area contributed by atoms with Crippen LogP contribution in [0.4, 0.5) is 5.69 Å². The molecular weight excluding hydrogens is 496 g/mol. The summed E-state index contributed by atoms with van der Waals surface area (Å²) in [5.41, 5.74) is 10.2. The Morgan fingerprint density at radius 2 is 1.57 bits per heavy atom. The van der Waals surface area contributed by atoms with E-state index in [-0.39, 0.29) is 16.4 Å². The number of carbonyl (C=O) groups excluding carboxylic acids is 2. The van der Waals surface area contributed by atoms with E-state index >= 15 is 0 Å². The number of hydrazone groups is 1. The molecular formula is C35H36N2O3. The second-order valence-electron chi connectivity index (χ2n) is 12.5. The van der Waals surface area contributed by atoms with Crippen LogP contribution in [0.5, 0.6) is 0 Å².